The van der Waals surface area contributed by atoms with Crippen molar-refractivity contribution in [3.8, 4) is 5.75 Å². The summed E-state index contributed by atoms with van der Waals surface area (Å²) in [5.41, 5.74) is 1.46. The molecule has 4 rings (SSSR count). The number of para-hydroxylation sites is 1. The Morgan fingerprint density at radius 3 is 2.37 bits per heavy atom. The average molecular weight is 381 g/mol. The van der Waals surface area contributed by atoms with Crippen molar-refractivity contribution >= 4 is 39.3 Å². The van der Waals surface area contributed by atoms with Crippen LogP contribution in [-0.4, -0.2) is 40.8 Å². The van der Waals surface area contributed by atoms with E-state index in [9.17, 15) is 14.4 Å². The average Bonchev–Trinajstić information content (AvgIpc) is 3.11. The van der Waals surface area contributed by atoms with Gasteiger partial charge in [0, 0.05) is 7.05 Å². The molecule has 8 heteroatoms. The summed E-state index contributed by atoms with van der Waals surface area (Å²) in [6.07, 6.45) is 0. The molecule has 7 nitrogen and oxygen atoms in total. The molecule has 1 aliphatic heterocycles. The molecule has 2 aromatic carbocycles. The highest BCUT2D eigenvalue weighted by Gasteiger charge is 2.36. The number of ether oxygens (including phenoxy) is 1. The third-order valence-corrected chi connectivity index (χ3v) is 5.49. The highest BCUT2D eigenvalue weighted by molar-refractivity contribution is 7.16. The normalized spacial score (nSPS) is 14.1. The lowest BCUT2D eigenvalue weighted by atomic mass is 10.1. The fraction of sp³-hybridized carbons (Fsp3) is 0.158. The molecule has 0 unspecified atom stereocenters. The van der Waals surface area contributed by atoms with Gasteiger partial charge in [-0.25, -0.2) is 0 Å². The number of amides is 3. The van der Waals surface area contributed by atoms with Gasteiger partial charge in [0.25, 0.3) is 17.7 Å². The number of hydrogen-bond donors (Lipinski definition) is 0. The molecule has 0 spiro atoms. The molecule has 0 bridgehead atoms. The van der Waals surface area contributed by atoms with Crippen LogP contribution in [0.15, 0.2) is 47.5 Å². The minimum Gasteiger partial charge on any atom is -0.495 e. The fourth-order valence-electron chi connectivity index (χ4n) is 3.10. The second-order valence-electron chi connectivity index (χ2n) is 6.00. The van der Waals surface area contributed by atoms with Crippen molar-refractivity contribution in [3.63, 3.8) is 0 Å². The van der Waals surface area contributed by atoms with Gasteiger partial charge < -0.3 is 9.30 Å². The number of nitrogens with zero attached hydrogens (tertiary/aromatic N) is 3. The second kappa shape index (κ2) is 6.48. The van der Waals surface area contributed by atoms with Crippen molar-refractivity contribution in [3.05, 3.63) is 58.4 Å². The van der Waals surface area contributed by atoms with Crippen molar-refractivity contribution in [2.75, 3.05) is 13.7 Å². The Balaban J connectivity index is 1.66. The molecule has 0 aliphatic carbocycles. The predicted octanol–water partition coefficient (Wildman–Crippen LogP) is 1.97. The predicted molar refractivity (Wildman–Crippen MR) is 99.7 cm³/mol. The minimum absolute atomic E-state index is 0.312. The summed E-state index contributed by atoms with van der Waals surface area (Å²) in [5.74, 6) is -0.825. The van der Waals surface area contributed by atoms with E-state index in [4.69, 9.17) is 4.74 Å². The Morgan fingerprint density at radius 1 is 1.07 bits per heavy atom. The third kappa shape index (κ3) is 2.74. The van der Waals surface area contributed by atoms with Gasteiger partial charge in [-0.15, -0.1) is 0 Å². The number of aryl methyl sites for hydroxylation is 1. The molecule has 1 aliphatic rings. The lowest BCUT2D eigenvalue weighted by molar-refractivity contribution is -0.118. The summed E-state index contributed by atoms with van der Waals surface area (Å²) in [6, 6.07) is 12.1. The zero-order chi connectivity index (χ0) is 19.1. The number of methoxy groups -OCH3 is 1. The highest BCUT2D eigenvalue weighted by Crippen LogP contribution is 2.26. The number of thiazole rings is 1. The molecule has 2 heterocycles. The van der Waals surface area contributed by atoms with Gasteiger partial charge in [-0.1, -0.05) is 29.5 Å². The van der Waals surface area contributed by atoms with Crippen LogP contribution in [0.4, 0.5) is 0 Å². The Kier molecular flexibility index (Phi) is 4.12. The zero-order valence-electron chi connectivity index (χ0n) is 14.6. The van der Waals surface area contributed by atoms with Crippen LogP contribution in [0.1, 0.15) is 20.7 Å². The van der Waals surface area contributed by atoms with Crippen LogP contribution in [0, 0.1) is 0 Å². The van der Waals surface area contributed by atoms with Crippen LogP contribution in [0.2, 0.25) is 0 Å². The Morgan fingerprint density at radius 2 is 1.74 bits per heavy atom. The second-order valence-corrected chi connectivity index (χ2v) is 7.01. The lowest BCUT2D eigenvalue weighted by Crippen LogP contribution is -2.35. The van der Waals surface area contributed by atoms with Gasteiger partial charge in [0.2, 0.25) is 0 Å². The van der Waals surface area contributed by atoms with Gasteiger partial charge in [0.1, 0.15) is 17.8 Å². The van der Waals surface area contributed by atoms with E-state index in [0.717, 1.165) is 15.1 Å². The maximum absolute atomic E-state index is 12.4. The Hall–Kier alpha value is -3.26. The molecule has 0 radical (unpaired) electrons. The van der Waals surface area contributed by atoms with E-state index in [2.05, 4.69) is 4.99 Å². The van der Waals surface area contributed by atoms with E-state index in [1.54, 1.807) is 43.0 Å². The molecule has 0 N–H and O–H groups in total. The van der Waals surface area contributed by atoms with Gasteiger partial charge >= 0.3 is 0 Å². The van der Waals surface area contributed by atoms with Gasteiger partial charge in [-0.2, -0.15) is 4.99 Å². The van der Waals surface area contributed by atoms with Gasteiger partial charge in [-0.05, 0) is 24.3 Å². The summed E-state index contributed by atoms with van der Waals surface area (Å²) in [4.78, 5) is 42.7. The van der Waals surface area contributed by atoms with Gasteiger partial charge in [0.05, 0.1) is 22.9 Å². The van der Waals surface area contributed by atoms with Crippen LogP contribution in [0.5, 0.6) is 5.75 Å². The minimum atomic E-state index is -0.564. The third-order valence-electron chi connectivity index (χ3n) is 4.40. The summed E-state index contributed by atoms with van der Waals surface area (Å²) in [6.45, 7) is -0.391. The van der Waals surface area contributed by atoms with Crippen LogP contribution in [0.3, 0.4) is 0 Å². The van der Waals surface area contributed by atoms with Crippen molar-refractivity contribution in [2.24, 2.45) is 12.0 Å². The molecule has 27 heavy (non-hydrogen) atoms. The molecule has 3 amide bonds. The smallest absolute Gasteiger partial charge is 0.268 e. The van der Waals surface area contributed by atoms with Crippen LogP contribution < -0.4 is 9.54 Å². The summed E-state index contributed by atoms with van der Waals surface area (Å²) < 4.78 is 8.04. The van der Waals surface area contributed by atoms with E-state index >= 15 is 0 Å². The molecule has 1 aromatic heterocycles. The number of hydrogen-bond acceptors (Lipinski definition) is 5. The summed E-state index contributed by atoms with van der Waals surface area (Å²) >= 11 is 1.34. The SMILES string of the molecule is COc1cccc2sc(=NC(=O)CN3C(=O)c4ccccc4C3=O)n(C)c12. The van der Waals surface area contributed by atoms with E-state index in [1.165, 1.54) is 11.3 Å². The standard InChI is InChI=1S/C19H15N3O4S/c1-21-16-13(26-2)8-5-9-14(16)27-19(21)20-15(23)10-22-17(24)11-6-3-4-7-12(11)18(22)25/h3-9H,10H2,1-2H3. The highest BCUT2D eigenvalue weighted by atomic mass is 32.1. The largest absolute Gasteiger partial charge is 0.495 e. The summed E-state index contributed by atoms with van der Waals surface area (Å²) in [5, 5.41) is 0. The van der Waals surface area contributed by atoms with Crippen LogP contribution in [-0.2, 0) is 11.8 Å². The number of carbonyl (C=O) groups is 3. The zero-order valence-corrected chi connectivity index (χ0v) is 15.4. The molecule has 0 saturated carbocycles. The molecule has 0 fully saturated rings. The molecule has 0 saturated heterocycles. The van der Waals surface area contributed by atoms with Crippen LogP contribution in [0.25, 0.3) is 10.2 Å². The first-order chi connectivity index (χ1) is 13.0. The first-order valence-electron chi connectivity index (χ1n) is 8.16. The number of imide groups is 1. The monoisotopic (exact) mass is 381 g/mol. The van der Waals surface area contributed by atoms with E-state index < -0.39 is 24.3 Å². The van der Waals surface area contributed by atoms with Crippen molar-refractivity contribution in [1.82, 2.24) is 9.47 Å². The molecule has 3 aromatic rings. The lowest BCUT2D eigenvalue weighted by Gasteiger charge is -2.10. The van der Waals surface area contributed by atoms with Crippen molar-refractivity contribution in [2.45, 2.75) is 0 Å². The quantitative estimate of drug-likeness (QED) is 0.650. The Labute approximate surface area is 158 Å². The van der Waals surface area contributed by atoms with Gasteiger partial charge in [0.15, 0.2) is 4.80 Å². The van der Waals surface area contributed by atoms with Gasteiger partial charge in [-0.3, -0.25) is 19.3 Å². The van der Waals surface area contributed by atoms with E-state index in [1.807, 2.05) is 18.2 Å². The molecule has 0 atom stereocenters. The Bertz CT molecular complexity index is 1140. The summed E-state index contributed by atoms with van der Waals surface area (Å²) in [7, 11) is 3.37. The molecular formula is C19H15N3O4S. The van der Waals surface area contributed by atoms with Crippen molar-refractivity contribution < 1.29 is 19.1 Å². The van der Waals surface area contributed by atoms with E-state index in [0.29, 0.717) is 21.7 Å². The number of carbonyl (C=O) groups excluding carboxylic acids is 3. The topological polar surface area (TPSA) is 81.0 Å². The number of fused-ring (bicyclic) bond motifs is 2. The number of aromatic nitrogens is 1. The van der Waals surface area contributed by atoms with E-state index in [-0.39, 0.29) is 0 Å². The van der Waals surface area contributed by atoms with Crippen molar-refractivity contribution in [1.29, 1.82) is 0 Å². The maximum atomic E-state index is 12.4. The first-order valence-corrected chi connectivity index (χ1v) is 8.98. The maximum Gasteiger partial charge on any atom is 0.268 e. The number of rotatable bonds is 3. The first kappa shape index (κ1) is 17.2. The molecule has 136 valence electrons. The number of benzene rings is 2. The van der Waals surface area contributed by atoms with Crippen LogP contribution >= 0.6 is 11.3 Å². The molecular weight excluding hydrogens is 366 g/mol. The fourth-order valence-corrected chi connectivity index (χ4v) is 4.15.